The van der Waals surface area contributed by atoms with Gasteiger partial charge in [-0.05, 0) is 24.5 Å². The first-order valence-corrected chi connectivity index (χ1v) is 6.33. The molecule has 0 saturated heterocycles. The number of aliphatic hydroxyl groups excluding tert-OH is 1. The Labute approximate surface area is 111 Å². The van der Waals surface area contributed by atoms with Crippen LogP contribution in [0.1, 0.15) is 30.1 Å². The molecule has 1 heterocycles. The van der Waals surface area contributed by atoms with Crippen molar-refractivity contribution in [1.82, 2.24) is 10.1 Å². The third kappa shape index (κ3) is 3.55. The van der Waals surface area contributed by atoms with E-state index in [0.29, 0.717) is 29.6 Å². The highest BCUT2D eigenvalue weighted by atomic mass is 35.5. The summed E-state index contributed by atoms with van der Waals surface area (Å²) in [5.74, 6) is 1.26. The quantitative estimate of drug-likeness (QED) is 0.817. The lowest BCUT2D eigenvalue weighted by Crippen LogP contribution is -1.93. The van der Waals surface area contributed by atoms with Crippen LogP contribution in [0.15, 0.2) is 28.8 Å². The summed E-state index contributed by atoms with van der Waals surface area (Å²) in [6.45, 7) is 0.195. The Morgan fingerprint density at radius 1 is 1.22 bits per heavy atom. The first-order chi connectivity index (χ1) is 8.79. The van der Waals surface area contributed by atoms with Crippen LogP contribution in [0, 0.1) is 0 Å². The van der Waals surface area contributed by atoms with Crippen molar-refractivity contribution in [3.8, 4) is 0 Å². The molecule has 96 valence electrons. The van der Waals surface area contributed by atoms with Gasteiger partial charge in [-0.2, -0.15) is 4.98 Å². The Kier molecular flexibility index (Phi) is 4.73. The summed E-state index contributed by atoms with van der Waals surface area (Å²) < 4.78 is 5.14. The van der Waals surface area contributed by atoms with Crippen LogP contribution < -0.4 is 0 Å². The Morgan fingerprint density at radius 2 is 2.06 bits per heavy atom. The number of rotatable bonds is 6. The van der Waals surface area contributed by atoms with Gasteiger partial charge >= 0.3 is 0 Å². The van der Waals surface area contributed by atoms with E-state index in [1.165, 1.54) is 0 Å². The predicted octanol–water partition coefficient (Wildman–Crippen LogP) is 2.63. The molecule has 0 spiro atoms. The van der Waals surface area contributed by atoms with Crippen molar-refractivity contribution in [3.63, 3.8) is 0 Å². The van der Waals surface area contributed by atoms with Gasteiger partial charge in [0.15, 0.2) is 5.82 Å². The van der Waals surface area contributed by atoms with Gasteiger partial charge in [-0.1, -0.05) is 35.0 Å². The molecule has 0 radical (unpaired) electrons. The topological polar surface area (TPSA) is 59.2 Å². The predicted molar refractivity (Wildman–Crippen MR) is 68.6 cm³/mol. The summed E-state index contributed by atoms with van der Waals surface area (Å²) in [7, 11) is 0. The molecule has 0 saturated carbocycles. The minimum absolute atomic E-state index is 0.195. The molecule has 0 atom stereocenters. The first-order valence-electron chi connectivity index (χ1n) is 5.95. The smallest absolute Gasteiger partial charge is 0.226 e. The average molecular weight is 267 g/mol. The molecule has 0 unspecified atom stereocenters. The lowest BCUT2D eigenvalue weighted by atomic mass is 10.1. The Balaban J connectivity index is 1.96. The molecule has 0 aliphatic rings. The third-order valence-electron chi connectivity index (χ3n) is 2.62. The molecular formula is C13H15ClN2O2. The summed E-state index contributed by atoms with van der Waals surface area (Å²) in [4.78, 5) is 4.30. The van der Waals surface area contributed by atoms with E-state index in [1.807, 2.05) is 24.3 Å². The fraction of sp³-hybridized carbons (Fsp3) is 0.385. The summed E-state index contributed by atoms with van der Waals surface area (Å²) >= 11 is 6.07. The van der Waals surface area contributed by atoms with Crippen molar-refractivity contribution < 1.29 is 9.63 Å². The summed E-state index contributed by atoms with van der Waals surface area (Å²) in [6.07, 6.45) is 2.88. The molecule has 1 aromatic heterocycles. The zero-order chi connectivity index (χ0) is 12.8. The van der Waals surface area contributed by atoms with Crippen LogP contribution in [0.3, 0.4) is 0 Å². The van der Waals surface area contributed by atoms with Crippen LogP contribution in [-0.2, 0) is 12.8 Å². The number of aliphatic hydroxyl groups is 1. The van der Waals surface area contributed by atoms with Crippen molar-refractivity contribution in [2.45, 2.75) is 25.7 Å². The maximum atomic E-state index is 8.69. The second-order valence-electron chi connectivity index (χ2n) is 4.05. The minimum atomic E-state index is 0.195. The third-order valence-corrected chi connectivity index (χ3v) is 2.98. The summed E-state index contributed by atoms with van der Waals surface area (Å²) in [6, 6.07) is 7.62. The zero-order valence-corrected chi connectivity index (χ0v) is 10.7. The van der Waals surface area contributed by atoms with E-state index in [2.05, 4.69) is 10.1 Å². The Hall–Kier alpha value is -1.39. The molecule has 0 aliphatic carbocycles. The van der Waals surface area contributed by atoms with Gasteiger partial charge < -0.3 is 9.63 Å². The molecule has 1 N–H and O–H groups in total. The number of halogens is 1. The van der Waals surface area contributed by atoms with Crippen LogP contribution in [0.2, 0.25) is 5.02 Å². The van der Waals surface area contributed by atoms with E-state index < -0.39 is 0 Å². The normalized spacial score (nSPS) is 10.8. The van der Waals surface area contributed by atoms with E-state index in [4.69, 9.17) is 21.2 Å². The first kappa shape index (κ1) is 13.1. The van der Waals surface area contributed by atoms with Crippen molar-refractivity contribution >= 4 is 11.6 Å². The van der Waals surface area contributed by atoms with E-state index in [0.717, 1.165) is 18.4 Å². The van der Waals surface area contributed by atoms with Gasteiger partial charge in [0.25, 0.3) is 0 Å². The highest BCUT2D eigenvalue weighted by Crippen LogP contribution is 2.17. The number of aryl methyl sites for hydroxylation is 1. The van der Waals surface area contributed by atoms with Gasteiger partial charge in [-0.15, -0.1) is 0 Å². The molecule has 0 bridgehead atoms. The van der Waals surface area contributed by atoms with Crippen LogP contribution >= 0.6 is 11.6 Å². The number of benzene rings is 1. The van der Waals surface area contributed by atoms with Crippen molar-refractivity contribution in [2.24, 2.45) is 0 Å². The fourth-order valence-corrected chi connectivity index (χ4v) is 1.87. The standard InChI is InChI=1S/C13H15ClN2O2/c14-11-6-2-1-5-10(11)9-12-15-13(18-16-12)7-3-4-8-17/h1-2,5-6,17H,3-4,7-9H2. The second kappa shape index (κ2) is 6.52. The largest absolute Gasteiger partial charge is 0.396 e. The maximum Gasteiger partial charge on any atom is 0.226 e. The maximum absolute atomic E-state index is 8.69. The number of nitrogens with zero attached hydrogens (tertiary/aromatic N) is 2. The van der Waals surface area contributed by atoms with E-state index in [-0.39, 0.29) is 6.61 Å². The minimum Gasteiger partial charge on any atom is -0.396 e. The monoisotopic (exact) mass is 266 g/mol. The van der Waals surface area contributed by atoms with Crippen LogP contribution in [0.25, 0.3) is 0 Å². The molecule has 18 heavy (non-hydrogen) atoms. The second-order valence-corrected chi connectivity index (χ2v) is 4.46. The molecule has 0 fully saturated rings. The molecule has 0 amide bonds. The molecular weight excluding hydrogens is 252 g/mol. The van der Waals surface area contributed by atoms with E-state index >= 15 is 0 Å². The lowest BCUT2D eigenvalue weighted by Gasteiger charge is -1.98. The molecule has 1 aromatic carbocycles. The Morgan fingerprint density at radius 3 is 2.83 bits per heavy atom. The van der Waals surface area contributed by atoms with Crippen LogP contribution in [0.4, 0.5) is 0 Å². The summed E-state index contributed by atoms with van der Waals surface area (Å²) in [5, 5.41) is 13.3. The number of unbranched alkanes of at least 4 members (excludes halogenated alkanes) is 1. The van der Waals surface area contributed by atoms with Crippen LogP contribution in [0.5, 0.6) is 0 Å². The number of aromatic nitrogens is 2. The highest BCUT2D eigenvalue weighted by Gasteiger charge is 2.08. The van der Waals surface area contributed by atoms with Gasteiger partial charge in [0.2, 0.25) is 5.89 Å². The van der Waals surface area contributed by atoms with Gasteiger partial charge in [0.1, 0.15) is 0 Å². The van der Waals surface area contributed by atoms with E-state index in [1.54, 1.807) is 0 Å². The van der Waals surface area contributed by atoms with Gasteiger partial charge in [0, 0.05) is 24.5 Å². The molecule has 0 aliphatic heterocycles. The molecule has 2 aromatic rings. The fourth-order valence-electron chi connectivity index (χ4n) is 1.66. The zero-order valence-electron chi connectivity index (χ0n) is 9.97. The van der Waals surface area contributed by atoms with Gasteiger partial charge in [-0.25, -0.2) is 0 Å². The summed E-state index contributed by atoms with van der Waals surface area (Å²) in [5.41, 5.74) is 0.988. The van der Waals surface area contributed by atoms with Gasteiger partial charge in [0.05, 0.1) is 0 Å². The lowest BCUT2D eigenvalue weighted by molar-refractivity contribution is 0.280. The van der Waals surface area contributed by atoms with Crippen molar-refractivity contribution in [2.75, 3.05) is 6.61 Å². The van der Waals surface area contributed by atoms with E-state index in [9.17, 15) is 0 Å². The van der Waals surface area contributed by atoms with Crippen molar-refractivity contribution in [3.05, 3.63) is 46.6 Å². The highest BCUT2D eigenvalue weighted by molar-refractivity contribution is 6.31. The number of hydrogen-bond donors (Lipinski definition) is 1. The SMILES string of the molecule is OCCCCc1nc(Cc2ccccc2Cl)no1. The number of hydrogen-bond acceptors (Lipinski definition) is 4. The van der Waals surface area contributed by atoms with Gasteiger partial charge in [-0.3, -0.25) is 0 Å². The molecule has 2 rings (SSSR count). The van der Waals surface area contributed by atoms with Crippen LogP contribution in [-0.4, -0.2) is 21.9 Å². The molecule has 5 heteroatoms. The molecule has 4 nitrogen and oxygen atoms in total. The Bertz CT molecular complexity index is 499. The van der Waals surface area contributed by atoms with Crippen molar-refractivity contribution in [1.29, 1.82) is 0 Å². The average Bonchev–Trinajstić information content (AvgIpc) is 2.80.